The van der Waals surface area contributed by atoms with E-state index in [1.165, 1.54) is 0 Å². The third kappa shape index (κ3) is 4.78. The maximum Gasteiger partial charge on any atom is 0.152 e. The Hall–Kier alpha value is -0.170. The molecule has 5 nitrogen and oxygen atoms in total. The van der Waals surface area contributed by atoms with Gasteiger partial charge < -0.3 is 15.4 Å². The fourth-order valence-corrected chi connectivity index (χ4v) is 3.08. The molecule has 0 aromatic heterocycles. The van der Waals surface area contributed by atoms with Crippen molar-refractivity contribution in [1.29, 1.82) is 0 Å². The van der Waals surface area contributed by atoms with Gasteiger partial charge in [-0.25, -0.2) is 8.42 Å². The van der Waals surface area contributed by atoms with Crippen LogP contribution in [0.3, 0.4) is 0 Å². The highest BCUT2D eigenvalue weighted by molar-refractivity contribution is 7.91. The van der Waals surface area contributed by atoms with Crippen LogP contribution in [0.2, 0.25) is 0 Å². The molecule has 1 aliphatic rings. The molecule has 0 radical (unpaired) electrons. The lowest BCUT2D eigenvalue weighted by Gasteiger charge is -2.27. The molecule has 1 heterocycles. The van der Waals surface area contributed by atoms with Gasteiger partial charge in [0.25, 0.3) is 0 Å². The summed E-state index contributed by atoms with van der Waals surface area (Å²) in [5, 5.41) is 0. The summed E-state index contributed by atoms with van der Waals surface area (Å²) in [6, 6.07) is 0. The molecule has 16 heavy (non-hydrogen) atoms. The van der Waals surface area contributed by atoms with Crippen LogP contribution in [0.25, 0.3) is 0 Å². The molecule has 1 aliphatic heterocycles. The Kier molecular flexibility index (Phi) is 5.68. The molecular formula is C10H22N2O3S. The molecule has 2 N–H and O–H groups in total. The van der Waals surface area contributed by atoms with E-state index in [0.717, 1.165) is 13.0 Å². The molecule has 0 aliphatic carbocycles. The Balaban J connectivity index is 2.23. The van der Waals surface area contributed by atoms with Crippen LogP contribution in [-0.4, -0.2) is 63.7 Å². The maximum atomic E-state index is 11.2. The van der Waals surface area contributed by atoms with E-state index in [1.54, 1.807) is 0 Å². The molecule has 1 fully saturated rings. The van der Waals surface area contributed by atoms with E-state index in [9.17, 15) is 8.42 Å². The van der Waals surface area contributed by atoms with E-state index in [1.807, 2.05) is 6.92 Å². The van der Waals surface area contributed by atoms with Gasteiger partial charge in [0.1, 0.15) is 0 Å². The minimum absolute atomic E-state index is 0.100. The topological polar surface area (TPSA) is 72.6 Å². The lowest BCUT2D eigenvalue weighted by atomic mass is 10.2. The van der Waals surface area contributed by atoms with Gasteiger partial charge in [-0.1, -0.05) is 0 Å². The monoisotopic (exact) mass is 250 g/mol. The normalized spacial score (nSPS) is 23.1. The van der Waals surface area contributed by atoms with Crippen LogP contribution in [0.15, 0.2) is 0 Å². The lowest BCUT2D eigenvalue weighted by molar-refractivity contribution is 0.0551. The van der Waals surface area contributed by atoms with Gasteiger partial charge in [0.05, 0.1) is 17.6 Å². The van der Waals surface area contributed by atoms with E-state index in [0.29, 0.717) is 26.2 Å². The van der Waals surface area contributed by atoms with Crippen molar-refractivity contribution >= 4 is 9.84 Å². The second-order valence-electron chi connectivity index (χ2n) is 4.10. The van der Waals surface area contributed by atoms with Crippen molar-refractivity contribution in [1.82, 2.24) is 4.90 Å². The van der Waals surface area contributed by atoms with Crippen molar-refractivity contribution < 1.29 is 13.2 Å². The standard InChI is InChI=1S/C10H22N2O3S/c1-2-15-10(9-11)3-4-12-5-7-16(13,14)8-6-12/h10H,2-9,11H2,1H3. The summed E-state index contributed by atoms with van der Waals surface area (Å²) in [5.74, 6) is 0.573. The van der Waals surface area contributed by atoms with Crippen LogP contribution < -0.4 is 5.73 Å². The number of hydrogen-bond donors (Lipinski definition) is 1. The Morgan fingerprint density at radius 1 is 1.38 bits per heavy atom. The summed E-state index contributed by atoms with van der Waals surface area (Å²) < 4.78 is 27.9. The zero-order chi connectivity index (χ0) is 12.0. The van der Waals surface area contributed by atoms with E-state index in [4.69, 9.17) is 10.5 Å². The Morgan fingerprint density at radius 2 is 2.00 bits per heavy atom. The van der Waals surface area contributed by atoms with E-state index < -0.39 is 9.84 Å². The molecule has 1 unspecified atom stereocenters. The van der Waals surface area contributed by atoms with E-state index in [2.05, 4.69) is 4.90 Å². The smallest absolute Gasteiger partial charge is 0.152 e. The van der Waals surface area contributed by atoms with E-state index in [-0.39, 0.29) is 17.6 Å². The second-order valence-corrected chi connectivity index (χ2v) is 6.40. The van der Waals surface area contributed by atoms with Crippen molar-refractivity contribution in [3.8, 4) is 0 Å². The van der Waals surface area contributed by atoms with Gasteiger partial charge in [0.15, 0.2) is 9.84 Å². The minimum Gasteiger partial charge on any atom is -0.377 e. The maximum absolute atomic E-state index is 11.2. The minimum atomic E-state index is -2.77. The first-order valence-electron chi connectivity index (χ1n) is 5.82. The van der Waals surface area contributed by atoms with E-state index >= 15 is 0 Å². The van der Waals surface area contributed by atoms with Crippen LogP contribution in [0.4, 0.5) is 0 Å². The summed E-state index contributed by atoms with van der Waals surface area (Å²) in [4.78, 5) is 2.17. The average molecular weight is 250 g/mol. The zero-order valence-electron chi connectivity index (χ0n) is 9.89. The Labute approximate surface area is 97.9 Å². The van der Waals surface area contributed by atoms with Gasteiger partial charge in [0, 0.05) is 32.8 Å². The molecule has 0 spiro atoms. The van der Waals surface area contributed by atoms with Gasteiger partial charge in [-0.2, -0.15) is 0 Å². The van der Waals surface area contributed by atoms with Crippen LogP contribution in [-0.2, 0) is 14.6 Å². The molecule has 96 valence electrons. The van der Waals surface area contributed by atoms with Crippen molar-refractivity contribution in [2.24, 2.45) is 5.73 Å². The highest BCUT2D eigenvalue weighted by atomic mass is 32.2. The summed E-state index contributed by atoms with van der Waals surface area (Å²) in [5.41, 5.74) is 5.58. The van der Waals surface area contributed by atoms with Crippen LogP contribution in [0, 0.1) is 0 Å². The number of hydrogen-bond acceptors (Lipinski definition) is 5. The second kappa shape index (κ2) is 6.54. The molecule has 0 amide bonds. The average Bonchev–Trinajstić information content (AvgIpc) is 2.26. The lowest BCUT2D eigenvalue weighted by Crippen LogP contribution is -2.42. The molecule has 1 rings (SSSR count). The zero-order valence-corrected chi connectivity index (χ0v) is 10.7. The van der Waals surface area contributed by atoms with Crippen LogP contribution in [0.5, 0.6) is 0 Å². The highest BCUT2D eigenvalue weighted by Gasteiger charge is 2.21. The number of ether oxygens (including phenoxy) is 1. The number of rotatable bonds is 6. The SMILES string of the molecule is CCOC(CN)CCN1CCS(=O)(=O)CC1. The van der Waals surface area contributed by atoms with Crippen molar-refractivity contribution in [3.63, 3.8) is 0 Å². The van der Waals surface area contributed by atoms with Gasteiger partial charge >= 0.3 is 0 Å². The molecule has 0 aromatic carbocycles. The predicted molar refractivity (Wildman–Crippen MR) is 64.2 cm³/mol. The number of sulfone groups is 1. The van der Waals surface area contributed by atoms with Gasteiger partial charge in [-0.3, -0.25) is 0 Å². The summed E-state index contributed by atoms with van der Waals surface area (Å²) >= 11 is 0. The third-order valence-corrected chi connectivity index (χ3v) is 4.48. The number of nitrogens with two attached hydrogens (primary N) is 1. The molecule has 1 saturated heterocycles. The summed E-state index contributed by atoms with van der Waals surface area (Å²) in [6.45, 7) is 5.32. The van der Waals surface area contributed by atoms with Crippen LogP contribution >= 0.6 is 0 Å². The molecule has 6 heteroatoms. The third-order valence-electron chi connectivity index (χ3n) is 2.87. The summed E-state index contributed by atoms with van der Waals surface area (Å²) in [7, 11) is -2.77. The molecule has 0 aromatic rings. The van der Waals surface area contributed by atoms with Gasteiger partial charge in [-0.05, 0) is 13.3 Å². The number of nitrogens with zero attached hydrogens (tertiary/aromatic N) is 1. The highest BCUT2D eigenvalue weighted by Crippen LogP contribution is 2.06. The van der Waals surface area contributed by atoms with Gasteiger partial charge in [0.2, 0.25) is 0 Å². The fraction of sp³-hybridized carbons (Fsp3) is 1.00. The van der Waals surface area contributed by atoms with Crippen molar-refractivity contribution in [2.45, 2.75) is 19.4 Å². The predicted octanol–water partition coefficient (Wildman–Crippen LogP) is -0.529. The molecular weight excluding hydrogens is 228 g/mol. The first-order chi connectivity index (χ1) is 7.57. The van der Waals surface area contributed by atoms with Crippen molar-refractivity contribution in [3.05, 3.63) is 0 Å². The Morgan fingerprint density at radius 3 is 2.50 bits per heavy atom. The molecule has 0 bridgehead atoms. The quantitative estimate of drug-likeness (QED) is 0.686. The Bertz CT molecular complexity index is 278. The van der Waals surface area contributed by atoms with Gasteiger partial charge in [-0.15, -0.1) is 0 Å². The largest absolute Gasteiger partial charge is 0.377 e. The fourth-order valence-electron chi connectivity index (χ4n) is 1.81. The van der Waals surface area contributed by atoms with Crippen LogP contribution in [0.1, 0.15) is 13.3 Å². The summed E-state index contributed by atoms with van der Waals surface area (Å²) in [6.07, 6.45) is 0.980. The molecule has 1 atom stereocenters. The first-order valence-corrected chi connectivity index (χ1v) is 7.64. The molecule has 0 saturated carbocycles. The first kappa shape index (κ1) is 13.9. The van der Waals surface area contributed by atoms with Crippen molar-refractivity contribution in [2.75, 3.05) is 44.3 Å².